The third-order valence-corrected chi connectivity index (χ3v) is 4.81. The van der Waals surface area contributed by atoms with Gasteiger partial charge in [0.2, 0.25) is 0 Å². The van der Waals surface area contributed by atoms with E-state index in [4.69, 9.17) is 13.6 Å². The van der Waals surface area contributed by atoms with Crippen LogP contribution in [0.1, 0.15) is 5.56 Å². The second-order valence-electron chi connectivity index (χ2n) is 5.75. The molecule has 0 radical (unpaired) electrons. The highest BCUT2D eigenvalue weighted by Crippen LogP contribution is 2.39. The molecule has 0 atom stereocenters. The van der Waals surface area contributed by atoms with Gasteiger partial charge in [0, 0.05) is 0 Å². The lowest BCUT2D eigenvalue weighted by molar-refractivity contribution is -0.118. The second-order valence-corrected chi connectivity index (χ2v) is 6.75. The predicted molar refractivity (Wildman–Crippen MR) is 103 cm³/mol. The first kappa shape index (κ1) is 17.1. The summed E-state index contributed by atoms with van der Waals surface area (Å²) in [6.07, 6.45) is 3.17. The number of rotatable bonds is 6. The summed E-state index contributed by atoms with van der Waals surface area (Å²) in [5.74, 6) is 1.66. The van der Waals surface area contributed by atoms with Crippen LogP contribution in [0, 0.1) is 6.92 Å². The van der Waals surface area contributed by atoms with Gasteiger partial charge in [-0.15, -0.1) is 0 Å². The van der Waals surface area contributed by atoms with Crippen molar-refractivity contribution >= 4 is 22.4 Å². The third kappa shape index (κ3) is 3.78. The van der Waals surface area contributed by atoms with Crippen molar-refractivity contribution in [3.05, 3.63) is 66.6 Å². The van der Waals surface area contributed by atoms with Gasteiger partial charge in [-0.25, -0.2) is 4.98 Å². The average molecular weight is 380 g/mol. The molecule has 0 saturated carbocycles. The largest absolute Gasteiger partial charge is 0.483 e. The molecule has 1 aromatic carbocycles. The van der Waals surface area contributed by atoms with Crippen LogP contribution in [0.3, 0.4) is 0 Å². The van der Waals surface area contributed by atoms with Crippen LogP contribution in [-0.2, 0) is 4.79 Å². The van der Waals surface area contributed by atoms with Crippen molar-refractivity contribution < 1.29 is 18.4 Å². The second kappa shape index (κ2) is 7.51. The number of nitrogens with one attached hydrogen (secondary N) is 1. The van der Waals surface area contributed by atoms with E-state index in [0.717, 1.165) is 10.4 Å². The van der Waals surface area contributed by atoms with Crippen molar-refractivity contribution in [2.75, 3.05) is 11.9 Å². The zero-order valence-electron chi connectivity index (χ0n) is 14.5. The van der Waals surface area contributed by atoms with Gasteiger partial charge in [-0.1, -0.05) is 29.5 Å². The topological polar surface area (TPSA) is 77.5 Å². The monoisotopic (exact) mass is 380 g/mol. The van der Waals surface area contributed by atoms with Crippen LogP contribution in [0.15, 0.2) is 69.9 Å². The molecule has 0 aliphatic rings. The van der Waals surface area contributed by atoms with E-state index in [-0.39, 0.29) is 12.5 Å². The normalized spacial score (nSPS) is 10.7. The maximum absolute atomic E-state index is 12.3. The van der Waals surface area contributed by atoms with Crippen LogP contribution < -0.4 is 10.1 Å². The van der Waals surface area contributed by atoms with Crippen LogP contribution in [0.4, 0.5) is 5.13 Å². The zero-order valence-corrected chi connectivity index (χ0v) is 15.3. The van der Waals surface area contributed by atoms with E-state index in [2.05, 4.69) is 10.3 Å². The van der Waals surface area contributed by atoms with Crippen LogP contribution in [0.5, 0.6) is 5.75 Å². The van der Waals surface area contributed by atoms with Gasteiger partial charge in [-0.05, 0) is 42.8 Å². The number of benzene rings is 1. The summed E-state index contributed by atoms with van der Waals surface area (Å²) in [7, 11) is 0. The van der Waals surface area contributed by atoms with Crippen molar-refractivity contribution in [2.24, 2.45) is 0 Å². The molecule has 1 N–H and O–H groups in total. The highest BCUT2D eigenvalue weighted by atomic mass is 32.1. The van der Waals surface area contributed by atoms with Gasteiger partial charge in [0.15, 0.2) is 17.5 Å². The number of carbonyl (C=O) groups excluding carboxylic acids is 1. The number of thiazole rings is 1. The molecular formula is C20H16N2O4S. The van der Waals surface area contributed by atoms with Crippen LogP contribution in [0.25, 0.3) is 22.1 Å². The first-order valence-electron chi connectivity index (χ1n) is 8.27. The van der Waals surface area contributed by atoms with Gasteiger partial charge in [0.1, 0.15) is 22.1 Å². The molecule has 27 heavy (non-hydrogen) atoms. The fourth-order valence-electron chi connectivity index (χ4n) is 2.55. The Morgan fingerprint density at radius 1 is 1.07 bits per heavy atom. The standard InChI is InChI=1S/C20H16N2O4S/c1-13-6-2-3-7-14(13)26-12-17(23)21-20-22-18(15-8-4-10-24-15)19(27-20)16-9-5-11-25-16/h2-11H,12H2,1H3,(H,21,22,23). The Morgan fingerprint density at radius 2 is 1.81 bits per heavy atom. The van der Waals surface area contributed by atoms with E-state index >= 15 is 0 Å². The van der Waals surface area contributed by atoms with E-state index in [1.165, 1.54) is 11.3 Å². The minimum atomic E-state index is -0.288. The molecule has 0 aliphatic heterocycles. The summed E-state index contributed by atoms with van der Waals surface area (Å²) in [6.45, 7) is 1.83. The summed E-state index contributed by atoms with van der Waals surface area (Å²) in [6, 6.07) is 14.8. The van der Waals surface area contributed by atoms with Crippen molar-refractivity contribution in [1.82, 2.24) is 4.98 Å². The summed E-state index contributed by atoms with van der Waals surface area (Å²) < 4.78 is 16.5. The molecule has 0 unspecified atom stereocenters. The first-order valence-corrected chi connectivity index (χ1v) is 9.09. The minimum absolute atomic E-state index is 0.101. The van der Waals surface area contributed by atoms with Crippen molar-refractivity contribution in [2.45, 2.75) is 6.92 Å². The molecule has 4 rings (SSSR count). The van der Waals surface area contributed by atoms with Crippen molar-refractivity contribution in [1.29, 1.82) is 0 Å². The molecule has 3 aromatic heterocycles. The Hall–Kier alpha value is -3.32. The lowest BCUT2D eigenvalue weighted by Gasteiger charge is -2.07. The molecular weight excluding hydrogens is 364 g/mol. The van der Waals surface area contributed by atoms with E-state index in [1.54, 1.807) is 24.7 Å². The summed E-state index contributed by atoms with van der Waals surface area (Å²) in [5, 5.41) is 3.23. The number of para-hydroxylation sites is 1. The Kier molecular flexibility index (Phi) is 4.76. The quantitative estimate of drug-likeness (QED) is 0.510. The number of nitrogens with zero attached hydrogens (tertiary/aromatic N) is 1. The Bertz CT molecular complexity index is 984. The van der Waals surface area contributed by atoms with Gasteiger partial charge in [-0.2, -0.15) is 0 Å². The number of ether oxygens (including phenoxy) is 1. The van der Waals surface area contributed by atoms with Gasteiger partial charge < -0.3 is 13.6 Å². The number of amides is 1. The van der Waals surface area contributed by atoms with Crippen molar-refractivity contribution in [3.8, 4) is 27.8 Å². The number of aryl methyl sites for hydroxylation is 1. The number of furan rings is 2. The van der Waals surface area contributed by atoms with E-state index < -0.39 is 0 Å². The van der Waals surface area contributed by atoms with Gasteiger partial charge in [0.25, 0.3) is 5.91 Å². The van der Waals surface area contributed by atoms with Crippen LogP contribution in [-0.4, -0.2) is 17.5 Å². The summed E-state index contributed by atoms with van der Waals surface area (Å²) >= 11 is 1.32. The Morgan fingerprint density at radius 3 is 2.52 bits per heavy atom. The predicted octanol–water partition coefficient (Wildman–Crippen LogP) is 4.99. The lowest BCUT2D eigenvalue weighted by Crippen LogP contribution is -2.20. The first-order chi connectivity index (χ1) is 13.2. The molecule has 1 amide bonds. The number of hydrogen-bond acceptors (Lipinski definition) is 6. The highest BCUT2D eigenvalue weighted by Gasteiger charge is 2.20. The zero-order chi connectivity index (χ0) is 18.6. The SMILES string of the molecule is Cc1ccccc1OCC(=O)Nc1nc(-c2ccco2)c(-c2ccco2)s1. The number of hydrogen-bond donors (Lipinski definition) is 1. The van der Waals surface area contributed by atoms with Gasteiger partial charge in [0.05, 0.1) is 12.5 Å². The molecule has 0 saturated heterocycles. The van der Waals surface area contributed by atoms with Crippen molar-refractivity contribution in [3.63, 3.8) is 0 Å². The van der Waals surface area contributed by atoms with Crippen LogP contribution in [0.2, 0.25) is 0 Å². The van der Waals surface area contributed by atoms with E-state index in [9.17, 15) is 4.79 Å². The molecule has 0 spiro atoms. The lowest BCUT2D eigenvalue weighted by atomic mass is 10.2. The number of carbonyl (C=O) groups is 1. The van der Waals surface area contributed by atoms with Gasteiger partial charge in [-0.3, -0.25) is 10.1 Å². The molecule has 6 nitrogen and oxygen atoms in total. The van der Waals surface area contributed by atoms with Crippen LogP contribution >= 0.6 is 11.3 Å². The Labute approximate surface area is 159 Å². The molecule has 4 aromatic rings. The maximum Gasteiger partial charge on any atom is 0.264 e. The highest BCUT2D eigenvalue weighted by molar-refractivity contribution is 7.19. The minimum Gasteiger partial charge on any atom is -0.483 e. The summed E-state index contributed by atoms with van der Waals surface area (Å²) in [5.41, 5.74) is 1.59. The fraction of sp³-hybridized carbons (Fsp3) is 0.100. The fourth-order valence-corrected chi connectivity index (χ4v) is 3.50. The smallest absolute Gasteiger partial charge is 0.264 e. The van der Waals surface area contributed by atoms with Gasteiger partial charge >= 0.3 is 0 Å². The molecule has 0 aliphatic carbocycles. The molecule has 0 fully saturated rings. The number of anilines is 1. The maximum atomic E-state index is 12.3. The molecule has 136 valence electrons. The average Bonchev–Trinajstić information content (AvgIpc) is 3.41. The Balaban J connectivity index is 1.51. The number of aromatic nitrogens is 1. The summed E-state index contributed by atoms with van der Waals surface area (Å²) in [4.78, 5) is 17.6. The third-order valence-electron chi connectivity index (χ3n) is 3.83. The van der Waals surface area contributed by atoms with E-state index in [0.29, 0.717) is 28.1 Å². The molecule has 7 heteroatoms. The molecule has 0 bridgehead atoms. The molecule has 3 heterocycles. The van der Waals surface area contributed by atoms with E-state index in [1.807, 2.05) is 43.3 Å².